The molecule has 42 heavy (non-hydrogen) atoms. The van der Waals surface area contributed by atoms with E-state index in [9.17, 15) is 12.4 Å². The SMILES string of the molecule is CCCCC/C=C\C/C=C\CCCCCCCC(=O)[O][Zr](=[O])[O]C(=O)CCCCCCC/C=C\C/C=C\CCCCC. The Labute approximate surface area is 268 Å². The van der Waals surface area contributed by atoms with Crippen LogP contribution >= 0.6 is 0 Å². The molecule has 0 bridgehead atoms. The van der Waals surface area contributed by atoms with Crippen molar-refractivity contribution in [2.45, 2.75) is 168 Å². The first-order valence-corrected chi connectivity index (χ1v) is 20.2. The Morgan fingerprint density at radius 2 is 0.762 bits per heavy atom. The zero-order valence-corrected chi connectivity index (χ0v) is 29.6. The van der Waals surface area contributed by atoms with Crippen LogP contribution in [0.2, 0.25) is 0 Å². The second-order valence-corrected chi connectivity index (χ2v) is 13.4. The second-order valence-electron chi connectivity index (χ2n) is 11.2. The van der Waals surface area contributed by atoms with Crippen molar-refractivity contribution < 1.29 is 40.7 Å². The van der Waals surface area contributed by atoms with Crippen LogP contribution in [0.5, 0.6) is 0 Å². The van der Waals surface area contributed by atoms with E-state index >= 15 is 0 Å². The van der Waals surface area contributed by atoms with Crippen LogP contribution in [-0.4, -0.2) is 11.9 Å². The van der Waals surface area contributed by atoms with Crippen molar-refractivity contribution in [3.05, 3.63) is 48.6 Å². The molecule has 0 aliphatic rings. The summed E-state index contributed by atoms with van der Waals surface area (Å²) in [6, 6.07) is 0. The smallest absolute Gasteiger partial charge is 0.0882 e. The van der Waals surface area contributed by atoms with Crippen molar-refractivity contribution >= 4 is 11.9 Å². The molecule has 0 aromatic rings. The van der Waals surface area contributed by atoms with Gasteiger partial charge in [0.15, 0.2) is 0 Å². The zero-order chi connectivity index (χ0) is 30.8. The van der Waals surface area contributed by atoms with Gasteiger partial charge >= 0.3 is 180 Å². The van der Waals surface area contributed by atoms with Crippen LogP contribution in [0.1, 0.15) is 168 Å². The molecule has 240 valence electrons. The summed E-state index contributed by atoms with van der Waals surface area (Å²) in [6.45, 7) is 4.46. The van der Waals surface area contributed by atoms with Gasteiger partial charge in [-0.2, -0.15) is 0 Å². The van der Waals surface area contributed by atoms with Gasteiger partial charge in [0.1, 0.15) is 0 Å². The third-order valence-corrected chi connectivity index (χ3v) is 9.00. The van der Waals surface area contributed by atoms with E-state index in [4.69, 9.17) is 5.63 Å². The number of carbonyl (C=O) groups excluding carboxylic acids is 2. The summed E-state index contributed by atoms with van der Waals surface area (Å²) in [5.74, 6) is -1.01. The normalized spacial score (nSPS) is 11.9. The van der Waals surface area contributed by atoms with E-state index in [1.165, 1.54) is 51.4 Å². The Hall–Kier alpha value is -1.42. The zero-order valence-electron chi connectivity index (χ0n) is 27.1. The summed E-state index contributed by atoms with van der Waals surface area (Å²) in [5.41, 5.74) is 0. The third-order valence-electron chi connectivity index (χ3n) is 7.06. The number of unbranched alkanes of at least 4 members (excludes halogenated alkanes) is 16. The van der Waals surface area contributed by atoms with Gasteiger partial charge in [0.25, 0.3) is 0 Å². The van der Waals surface area contributed by atoms with Gasteiger partial charge in [-0.25, -0.2) is 0 Å². The fourth-order valence-corrected chi connectivity index (χ4v) is 5.99. The van der Waals surface area contributed by atoms with Crippen LogP contribution in [0, 0.1) is 0 Å². The van der Waals surface area contributed by atoms with Crippen molar-refractivity contribution in [3.63, 3.8) is 0 Å². The van der Waals surface area contributed by atoms with Gasteiger partial charge in [0.05, 0.1) is 0 Å². The molecule has 0 unspecified atom stereocenters. The maximum absolute atomic E-state index is 12.0. The van der Waals surface area contributed by atoms with Gasteiger partial charge in [-0.3, -0.25) is 0 Å². The summed E-state index contributed by atoms with van der Waals surface area (Å²) >= 11 is -4.07. The number of hydrogen-bond acceptors (Lipinski definition) is 5. The first-order valence-electron chi connectivity index (χ1n) is 17.1. The van der Waals surface area contributed by atoms with Crippen LogP contribution in [0.3, 0.4) is 0 Å². The van der Waals surface area contributed by atoms with E-state index in [1.807, 2.05) is 0 Å². The first kappa shape index (κ1) is 40.6. The molecule has 0 rings (SSSR count). The Bertz CT molecular complexity index is 707. The second kappa shape index (κ2) is 34.1. The van der Waals surface area contributed by atoms with Crippen molar-refractivity contribution in [3.8, 4) is 0 Å². The molecular formula is C36H62O5Zr. The summed E-state index contributed by atoms with van der Waals surface area (Å²) in [7, 11) is 0. The van der Waals surface area contributed by atoms with E-state index in [0.29, 0.717) is 12.8 Å². The number of rotatable bonds is 30. The molecule has 0 heterocycles. The average molecular weight is 666 g/mol. The number of carbonyl (C=O) groups is 2. The van der Waals surface area contributed by atoms with E-state index in [-0.39, 0.29) is 12.8 Å². The maximum atomic E-state index is 12.0. The Balaban J connectivity index is 3.55. The average Bonchev–Trinajstić information content (AvgIpc) is 2.97. The molecule has 0 aromatic carbocycles. The number of allylic oxidation sites excluding steroid dienone is 8. The third kappa shape index (κ3) is 33.1. The molecule has 0 aliphatic heterocycles. The topological polar surface area (TPSA) is 69.7 Å². The summed E-state index contributed by atoms with van der Waals surface area (Å²) in [6.07, 6.45) is 43.0. The van der Waals surface area contributed by atoms with E-state index in [1.54, 1.807) is 0 Å². The first-order chi connectivity index (χ1) is 20.6. The van der Waals surface area contributed by atoms with Crippen LogP contribution < -0.4 is 0 Å². The predicted molar refractivity (Wildman–Crippen MR) is 172 cm³/mol. The van der Waals surface area contributed by atoms with Gasteiger partial charge in [0.2, 0.25) is 0 Å². The predicted octanol–water partition coefficient (Wildman–Crippen LogP) is 11.5. The fraction of sp³-hybridized carbons (Fsp3) is 0.722. The van der Waals surface area contributed by atoms with Gasteiger partial charge in [-0.15, -0.1) is 0 Å². The number of hydrogen-bond donors (Lipinski definition) is 0. The van der Waals surface area contributed by atoms with Gasteiger partial charge in [0, 0.05) is 0 Å². The van der Waals surface area contributed by atoms with Gasteiger partial charge in [-0.1, -0.05) is 63.8 Å². The molecule has 0 N–H and O–H groups in total. The van der Waals surface area contributed by atoms with Crippen molar-refractivity contribution in [2.24, 2.45) is 0 Å². The molecule has 0 spiro atoms. The molecule has 6 heteroatoms. The molecule has 0 atom stereocenters. The van der Waals surface area contributed by atoms with E-state index in [2.05, 4.69) is 62.5 Å². The minimum Gasteiger partial charge on any atom is -0.0882 e. The molecule has 0 aromatic heterocycles. The molecule has 0 aliphatic carbocycles. The van der Waals surface area contributed by atoms with Crippen molar-refractivity contribution in [1.29, 1.82) is 0 Å². The monoisotopic (exact) mass is 664 g/mol. The standard InChI is InChI=1S/2C18H32O2.O.Zr/c2*1-2-3-4-5-6-7-8-9-10-11-12-13-14-15-16-17-18(19)20;;/h2*6-7,9-10H,2-5,8,11-17H2,1H3,(H,19,20);;/q;;;+2/p-2/b2*7-6-,10-9-;;. The summed E-state index contributed by atoms with van der Waals surface area (Å²) in [5, 5.41) is 0. The summed E-state index contributed by atoms with van der Waals surface area (Å²) in [4.78, 5) is 23.8. The molecule has 5 nitrogen and oxygen atoms in total. The Morgan fingerprint density at radius 3 is 1.12 bits per heavy atom. The molecule has 0 amide bonds. The quantitative estimate of drug-likeness (QED) is 0.0564. The van der Waals surface area contributed by atoms with Crippen LogP contribution in [0.4, 0.5) is 0 Å². The molecule has 0 saturated carbocycles. The molecular weight excluding hydrogens is 604 g/mol. The van der Waals surface area contributed by atoms with Crippen LogP contribution in [0.25, 0.3) is 0 Å². The molecule has 0 saturated heterocycles. The minimum absolute atomic E-state index is 0.235. The fourth-order valence-electron chi connectivity index (χ4n) is 4.47. The van der Waals surface area contributed by atoms with Crippen LogP contribution in [0.15, 0.2) is 48.6 Å². The van der Waals surface area contributed by atoms with Crippen molar-refractivity contribution in [2.75, 3.05) is 0 Å². The summed E-state index contributed by atoms with van der Waals surface area (Å²) < 4.78 is 21.8. The Morgan fingerprint density at radius 1 is 0.452 bits per heavy atom. The van der Waals surface area contributed by atoms with E-state index < -0.39 is 34.6 Å². The van der Waals surface area contributed by atoms with Crippen LogP contribution in [-0.2, 0) is 40.7 Å². The molecule has 0 radical (unpaired) electrons. The minimum atomic E-state index is -4.07. The van der Waals surface area contributed by atoms with Gasteiger partial charge < -0.3 is 0 Å². The van der Waals surface area contributed by atoms with Crippen molar-refractivity contribution in [1.82, 2.24) is 0 Å². The molecule has 0 fully saturated rings. The van der Waals surface area contributed by atoms with E-state index in [0.717, 1.165) is 77.0 Å². The van der Waals surface area contributed by atoms with Gasteiger partial charge in [-0.05, 0) is 25.7 Å². The Kier molecular flexibility index (Phi) is 32.9.